The van der Waals surface area contributed by atoms with Gasteiger partial charge in [0.1, 0.15) is 0 Å². The molecule has 32 heavy (non-hydrogen) atoms. The highest BCUT2D eigenvalue weighted by molar-refractivity contribution is 7.22. The van der Waals surface area contributed by atoms with Crippen molar-refractivity contribution in [3.05, 3.63) is 77.0 Å². The Morgan fingerprint density at radius 1 is 0.750 bits per heavy atom. The van der Waals surface area contributed by atoms with E-state index in [2.05, 4.69) is 104 Å². The zero-order valence-electron chi connectivity index (χ0n) is 20.7. The molecule has 4 aromatic rings. The van der Waals surface area contributed by atoms with E-state index in [1.165, 1.54) is 48.3 Å². The maximum absolute atomic E-state index is 4.85. The van der Waals surface area contributed by atoms with Crippen molar-refractivity contribution in [2.75, 3.05) is 0 Å². The molecule has 2 heterocycles. The van der Waals surface area contributed by atoms with Gasteiger partial charge in [0.05, 0.1) is 5.69 Å². The maximum atomic E-state index is 4.85. The minimum Gasteiger partial charge on any atom is -0.256 e. The predicted molar refractivity (Wildman–Crippen MR) is 142 cm³/mol. The zero-order valence-corrected chi connectivity index (χ0v) is 21.5. The third-order valence-electron chi connectivity index (χ3n) is 6.24. The van der Waals surface area contributed by atoms with Crippen LogP contribution in [0.25, 0.3) is 31.8 Å². The summed E-state index contributed by atoms with van der Waals surface area (Å²) in [6.07, 6.45) is 2.04. The van der Waals surface area contributed by atoms with Crippen molar-refractivity contribution < 1.29 is 0 Å². The summed E-state index contributed by atoms with van der Waals surface area (Å²) < 4.78 is 1.30. The lowest BCUT2D eigenvalue weighted by atomic mass is 9.85. The molecule has 0 saturated carbocycles. The van der Waals surface area contributed by atoms with Crippen molar-refractivity contribution in [3.8, 4) is 21.7 Å². The summed E-state index contributed by atoms with van der Waals surface area (Å²) in [7, 11) is 0. The van der Waals surface area contributed by atoms with E-state index >= 15 is 0 Å². The van der Waals surface area contributed by atoms with Crippen LogP contribution in [0.4, 0.5) is 0 Å². The molecule has 0 spiro atoms. The van der Waals surface area contributed by atoms with Crippen LogP contribution < -0.4 is 0 Å². The van der Waals surface area contributed by atoms with Gasteiger partial charge in [-0.05, 0) is 70.7 Å². The summed E-state index contributed by atoms with van der Waals surface area (Å²) in [6, 6.07) is 18.5. The number of aromatic nitrogens is 1. The van der Waals surface area contributed by atoms with Gasteiger partial charge in [0.2, 0.25) is 0 Å². The van der Waals surface area contributed by atoms with E-state index in [1.807, 2.05) is 17.5 Å². The number of fused-ring (bicyclic) bond motifs is 1. The highest BCUT2D eigenvalue weighted by atomic mass is 32.1. The van der Waals surface area contributed by atoms with Gasteiger partial charge in [0, 0.05) is 26.7 Å². The number of rotatable bonds is 4. The number of thiophene rings is 1. The summed E-state index contributed by atoms with van der Waals surface area (Å²) in [6.45, 7) is 18.1. The first-order valence-corrected chi connectivity index (χ1v) is 12.5. The number of hydrogen-bond acceptors (Lipinski definition) is 2. The molecule has 0 aliphatic rings. The van der Waals surface area contributed by atoms with Crippen LogP contribution in [0.15, 0.2) is 54.7 Å². The second kappa shape index (κ2) is 8.48. The van der Waals surface area contributed by atoms with Crippen molar-refractivity contribution in [3.63, 3.8) is 0 Å². The van der Waals surface area contributed by atoms with Gasteiger partial charge in [-0.1, -0.05) is 78.3 Å². The molecule has 2 heteroatoms. The predicted octanol–water partition coefficient (Wildman–Crippen LogP) is 9.48. The van der Waals surface area contributed by atoms with Gasteiger partial charge in [-0.15, -0.1) is 11.3 Å². The Hall–Kier alpha value is -2.45. The van der Waals surface area contributed by atoms with Gasteiger partial charge in [-0.2, -0.15) is 0 Å². The first-order valence-electron chi connectivity index (χ1n) is 11.7. The van der Waals surface area contributed by atoms with Crippen LogP contribution in [-0.4, -0.2) is 4.98 Å². The second-order valence-electron chi connectivity index (χ2n) is 10.8. The molecular weight excluding hydrogens is 406 g/mol. The third-order valence-corrected chi connectivity index (χ3v) is 7.38. The SMILES string of the molecule is Cc1cc(-c2cc3sc(-c4cc(C(C)C)cc(C(C)C)c4)cc3cn2)cc(C(C)(C)C)c1. The Morgan fingerprint density at radius 2 is 1.41 bits per heavy atom. The summed E-state index contributed by atoms with van der Waals surface area (Å²) in [5.74, 6) is 1.04. The number of aryl methyl sites for hydroxylation is 1. The number of hydrogen-bond donors (Lipinski definition) is 0. The molecule has 0 amide bonds. The van der Waals surface area contributed by atoms with E-state index in [0.29, 0.717) is 11.8 Å². The van der Waals surface area contributed by atoms with E-state index in [4.69, 9.17) is 4.98 Å². The average Bonchev–Trinajstić information content (AvgIpc) is 3.15. The van der Waals surface area contributed by atoms with Crippen LogP contribution in [0.5, 0.6) is 0 Å². The van der Waals surface area contributed by atoms with Crippen LogP contribution in [0.2, 0.25) is 0 Å². The van der Waals surface area contributed by atoms with E-state index in [0.717, 1.165) is 5.69 Å². The number of benzene rings is 2. The van der Waals surface area contributed by atoms with Gasteiger partial charge < -0.3 is 0 Å². The van der Waals surface area contributed by atoms with Gasteiger partial charge in [0.15, 0.2) is 0 Å². The Kier molecular flexibility index (Phi) is 6.02. The zero-order chi connectivity index (χ0) is 23.2. The smallest absolute Gasteiger partial charge is 0.0716 e. The minimum atomic E-state index is 0.122. The Morgan fingerprint density at radius 3 is 2.00 bits per heavy atom. The van der Waals surface area contributed by atoms with Crippen LogP contribution in [0.3, 0.4) is 0 Å². The minimum absolute atomic E-state index is 0.122. The Bertz CT molecular complexity index is 1240. The average molecular weight is 442 g/mol. The van der Waals surface area contributed by atoms with Gasteiger partial charge in [-0.25, -0.2) is 0 Å². The highest BCUT2D eigenvalue weighted by Gasteiger charge is 2.16. The molecule has 2 aromatic carbocycles. The van der Waals surface area contributed by atoms with Crippen molar-refractivity contribution >= 4 is 21.4 Å². The van der Waals surface area contributed by atoms with Crippen molar-refractivity contribution in [1.29, 1.82) is 0 Å². The molecular formula is C30H35NS. The van der Waals surface area contributed by atoms with Crippen molar-refractivity contribution in [2.24, 2.45) is 0 Å². The molecule has 0 bridgehead atoms. The molecule has 166 valence electrons. The number of pyridine rings is 1. The van der Waals surface area contributed by atoms with Crippen LogP contribution in [0, 0.1) is 6.92 Å². The molecule has 0 fully saturated rings. The lowest BCUT2D eigenvalue weighted by Gasteiger charge is -2.20. The monoisotopic (exact) mass is 441 g/mol. The maximum Gasteiger partial charge on any atom is 0.0716 e. The molecule has 2 aromatic heterocycles. The lowest BCUT2D eigenvalue weighted by molar-refractivity contribution is 0.590. The van der Waals surface area contributed by atoms with Crippen LogP contribution >= 0.6 is 11.3 Å². The van der Waals surface area contributed by atoms with E-state index in [1.54, 1.807) is 0 Å². The molecule has 1 nitrogen and oxygen atoms in total. The fourth-order valence-corrected chi connectivity index (χ4v) is 5.14. The highest BCUT2D eigenvalue weighted by Crippen LogP contribution is 2.38. The van der Waals surface area contributed by atoms with Crippen LogP contribution in [0.1, 0.15) is 82.6 Å². The fourth-order valence-electron chi connectivity index (χ4n) is 4.08. The molecule has 0 aliphatic carbocycles. The molecule has 0 N–H and O–H groups in total. The summed E-state index contributed by atoms with van der Waals surface area (Å²) in [5.41, 5.74) is 9.17. The topological polar surface area (TPSA) is 12.9 Å². The first kappa shape index (κ1) is 22.7. The normalized spacial score (nSPS) is 12.3. The van der Waals surface area contributed by atoms with Gasteiger partial charge in [0.25, 0.3) is 0 Å². The summed E-state index contributed by atoms with van der Waals surface area (Å²) >= 11 is 1.87. The summed E-state index contributed by atoms with van der Waals surface area (Å²) in [5, 5.41) is 1.22. The largest absolute Gasteiger partial charge is 0.256 e. The fraction of sp³-hybridized carbons (Fsp3) is 0.367. The quantitative estimate of drug-likeness (QED) is 0.307. The van der Waals surface area contributed by atoms with Crippen molar-refractivity contribution in [1.82, 2.24) is 4.98 Å². The summed E-state index contributed by atoms with van der Waals surface area (Å²) in [4.78, 5) is 6.17. The first-order chi connectivity index (χ1) is 15.0. The molecule has 0 saturated heterocycles. The van der Waals surface area contributed by atoms with E-state index < -0.39 is 0 Å². The third kappa shape index (κ3) is 4.66. The van der Waals surface area contributed by atoms with E-state index in [-0.39, 0.29) is 5.41 Å². The molecule has 0 unspecified atom stereocenters. The Labute approximate surface area is 197 Å². The Balaban J connectivity index is 1.79. The van der Waals surface area contributed by atoms with Gasteiger partial charge in [-0.3, -0.25) is 4.98 Å². The van der Waals surface area contributed by atoms with E-state index in [9.17, 15) is 0 Å². The second-order valence-corrected chi connectivity index (χ2v) is 11.8. The molecule has 0 aliphatic heterocycles. The van der Waals surface area contributed by atoms with Gasteiger partial charge >= 0.3 is 0 Å². The molecule has 0 atom stereocenters. The molecule has 0 radical (unpaired) electrons. The van der Waals surface area contributed by atoms with Crippen molar-refractivity contribution in [2.45, 2.75) is 72.6 Å². The lowest BCUT2D eigenvalue weighted by Crippen LogP contribution is -2.11. The molecule has 4 rings (SSSR count). The van der Waals surface area contributed by atoms with Crippen LogP contribution in [-0.2, 0) is 5.41 Å². The number of nitrogens with zero attached hydrogens (tertiary/aromatic N) is 1. The standard InChI is InChI=1S/C30H35NS/c1-18(2)21-11-22(19(3)4)13-24(12-21)28-15-25-17-31-27(16-29(25)32-28)23-9-20(5)10-26(14-23)30(6,7)8/h9-19H,1-8H3.